The second kappa shape index (κ2) is 8.04. The second-order valence-corrected chi connectivity index (χ2v) is 6.31. The van der Waals surface area contributed by atoms with Gasteiger partial charge in [0.05, 0.1) is 31.9 Å². The van der Waals surface area contributed by atoms with E-state index in [0.717, 1.165) is 16.9 Å². The molecular formula is C21H22N2O5. The predicted octanol–water partition coefficient (Wildman–Crippen LogP) is 3.52. The van der Waals surface area contributed by atoms with Gasteiger partial charge in [-0.1, -0.05) is 19.1 Å². The van der Waals surface area contributed by atoms with Crippen LogP contribution < -0.4 is 20.1 Å². The first-order chi connectivity index (χ1) is 13.5. The number of amides is 1. The molecule has 3 N–H and O–H groups in total. The number of carbonyl (C=O) groups excluding carboxylic acids is 1. The molecule has 3 rings (SSSR count). The van der Waals surface area contributed by atoms with E-state index >= 15 is 0 Å². The predicted molar refractivity (Wildman–Crippen MR) is 107 cm³/mol. The van der Waals surface area contributed by atoms with E-state index in [4.69, 9.17) is 14.6 Å². The number of hydrogen-bond donors (Lipinski definition) is 3. The summed E-state index contributed by atoms with van der Waals surface area (Å²) in [5.74, 6) is 0.0180. The molecule has 0 saturated heterocycles. The number of aliphatic carboxylic acids is 1. The number of methoxy groups -OCH3 is 2. The van der Waals surface area contributed by atoms with Crippen molar-refractivity contribution in [3.05, 3.63) is 53.2 Å². The molecule has 0 bridgehead atoms. The zero-order valence-corrected chi connectivity index (χ0v) is 16.0. The molecule has 1 aliphatic heterocycles. The van der Waals surface area contributed by atoms with Gasteiger partial charge in [0.1, 0.15) is 0 Å². The van der Waals surface area contributed by atoms with Crippen LogP contribution >= 0.6 is 0 Å². The van der Waals surface area contributed by atoms with Gasteiger partial charge in [0.15, 0.2) is 11.5 Å². The first kappa shape index (κ1) is 19.3. The minimum absolute atomic E-state index is 0.0284. The lowest BCUT2D eigenvalue weighted by atomic mass is 10.0. The fourth-order valence-corrected chi connectivity index (χ4v) is 3.18. The van der Waals surface area contributed by atoms with Gasteiger partial charge in [0.25, 0.3) is 5.91 Å². The molecule has 7 nitrogen and oxygen atoms in total. The molecule has 1 aliphatic rings. The first-order valence-corrected chi connectivity index (χ1v) is 8.85. The fourth-order valence-electron chi connectivity index (χ4n) is 3.18. The molecule has 2 aromatic rings. The van der Waals surface area contributed by atoms with Gasteiger partial charge in [0, 0.05) is 23.0 Å². The van der Waals surface area contributed by atoms with Crippen LogP contribution in [0.1, 0.15) is 24.5 Å². The van der Waals surface area contributed by atoms with Crippen molar-refractivity contribution in [2.45, 2.75) is 19.8 Å². The molecule has 146 valence electrons. The molecule has 1 heterocycles. The van der Waals surface area contributed by atoms with Crippen LogP contribution in [0.2, 0.25) is 0 Å². The quantitative estimate of drug-likeness (QED) is 0.634. The van der Waals surface area contributed by atoms with E-state index in [0.29, 0.717) is 34.7 Å². The maximum absolute atomic E-state index is 12.6. The van der Waals surface area contributed by atoms with E-state index in [1.165, 1.54) is 0 Å². The van der Waals surface area contributed by atoms with Crippen LogP contribution in [0, 0.1) is 0 Å². The number of benzene rings is 2. The summed E-state index contributed by atoms with van der Waals surface area (Å²) in [5.41, 5.74) is 4.21. The topological polar surface area (TPSA) is 96.9 Å². The van der Waals surface area contributed by atoms with Crippen LogP contribution in [-0.4, -0.2) is 31.2 Å². The normalized spacial score (nSPS) is 14.2. The monoisotopic (exact) mass is 382 g/mol. The Hall–Kier alpha value is -3.48. The van der Waals surface area contributed by atoms with Crippen molar-refractivity contribution in [2.24, 2.45) is 0 Å². The van der Waals surface area contributed by atoms with Gasteiger partial charge in [-0.05, 0) is 30.2 Å². The summed E-state index contributed by atoms with van der Waals surface area (Å²) in [6.07, 6.45) is 0.576. The second-order valence-electron chi connectivity index (χ2n) is 6.31. The number of rotatable bonds is 7. The third-order valence-corrected chi connectivity index (χ3v) is 4.53. The van der Waals surface area contributed by atoms with Crippen molar-refractivity contribution >= 4 is 28.8 Å². The summed E-state index contributed by atoms with van der Waals surface area (Å²) in [4.78, 5) is 23.5. The van der Waals surface area contributed by atoms with E-state index in [1.54, 1.807) is 50.6 Å². The number of anilines is 2. The summed E-state index contributed by atoms with van der Waals surface area (Å²) in [6, 6.07) is 10.6. The molecule has 0 fully saturated rings. The lowest BCUT2D eigenvalue weighted by Crippen LogP contribution is -2.10. The molecule has 0 atom stereocenters. The van der Waals surface area contributed by atoms with E-state index in [9.17, 15) is 9.59 Å². The minimum atomic E-state index is -0.874. The summed E-state index contributed by atoms with van der Waals surface area (Å²) in [7, 11) is 3.10. The Labute approximate surface area is 163 Å². The first-order valence-electron chi connectivity index (χ1n) is 8.85. The largest absolute Gasteiger partial charge is 0.493 e. The molecule has 0 unspecified atom stereocenters. The van der Waals surface area contributed by atoms with Crippen LogP contribution in [0.4, 0.5) is 11.4 Å². The summed E-state index contributed by atoms with van der Waals surface area (Å²) >= 11 is 0. The number of fused-ring (bicyclic) bond motifs is 1. The van der Waals surface area contributed by atoms with Gasteiger partial charge in [-0.25, -0.2) is 0 Å². The number of hydrogen-bond acceptors (Lipinski definition) is 5. The van der Waals surface area contributed by atoms with Gasteiger partial charge in [0.2, 0.25) is 0 Å². The number of ether oxygens (including phenoxy) is 2. The number of carbonyl (C=O) groups is 2. The van der Waals surface area contributed by atoms with E-state index in [1.807, 2.05) is 6.92 Å². The zero-order chi connectivity index (χ0) is 20.3. The van der Waals surface area contributed by atoms with E-state index in [2.05, 4.69) is 10.6 Å². The van der Waals surface area contributed by atoms with Gasteiger partial charge in [-0.2, -0.15) is 0 Å². The Morgan fingerprint density at radius 1 is 1.11 bits per heavy atom. The number of nitrogens with one attached hydrogen (secondary N) is 2. The SMILES string of the molecule is CCC(Nc1ccc(CC(=O)O)cc1)=C1C(=O)Nc2cc(OC)c(OC)cc21. The molecule has 0 radical (unpaired) electrons. The summed E-state index contributed by atoms with van der Waals surface area (Å²) in [6.45, 7) is 1.96. The molecule has 0 aromatic heterocycles. The lowest BCUT2D eigenvalue weighted by Gasteiger charge is -2.14. The minimum Gasteiger partial charge on any atom is -0.493 e. The highest BCUT2D eigenvalue weighted by molar-refractivity contribution is 6.32. The summed E-state index contributed by atoms with van der Waals surface area (Å²) < 4.78 is 10.7. The number of allylic oxidation sites excluding steroid dienone is 1. The third-order valence-electron chi connectivity index (χ3n) is 4.53. The van der Waals surface area contributed by atoms with Crippen LogP contribution in [0.25, 0.3) is 5.57 Å². The van der Waals surface area contributed by atoms with Crippen molar-refractivity contribution in [3.8, 4) is 11.5 Å². The number of carboxylic acid groups (broad SMARTS) is 1. The molecular weight excluding hydrogens is 360 g/mol. The van der Waals surface area contributed by atoms with Gasteiger partial charge in [-0.15, -0.1) is 0 Å². The Kier molecular flexibility index (Phi) is 5.54. The highest BCUT2D eigenvalue weighted by Gasteiger charge is 2.29. The molecule has 2 aromatic carbocycles. The Morgan fingerprint density at radius 3 is 2.32 bits per heavy atom. The standard InChI is InChI=1S/C21H22N2O5/c1-4-15(22-13-7-5-12(6-8-13)9-19(24)25)20-14-10-17(27-2)18(28-3)11-16(14)23-21(20)26/h5-8,10-11,22H,4,9H2,1-3H3,(H,23,26)(H,24,25). The van der Waals surface area contributed by atoms with Crippen LogP contribution in [0.5, 0.6) is 11.5 Å². The summed E-state index contributed by atoms with van der Waals surface area (Å²) in [5, 5.41) is 15.0. The maximum Gasteiger partial charge on any atom is 0.307 e. The van der Waals surface area contributed by atoms with Crippen molar-refractivity contribution in [3.63, 3.8) is 0 Å². The van der Waals surface area contributed by atoms with E-state index in [-0.39, 0.29) is 12.3 Å². The lowest BCUT2D eigenvalue weighted by molar-refractivity contribution is -0.136. The Balaban J connectivity index is 1.97. The van der Waals surface area contributed by atoms with Gasteiger partial charge >= 0.3 is 5.97 Å². The molecule has 0 aliphatic carbocycles. The number of carboxylic acids is 1. The average Bonchev–Trinajstić information content (AvgIpc) is 3.00. The highest BCUT2D eigenvalue weighted by Crippen LogP contribution is 2.42. The highest BCUT2D eigenvalue weighted by atomic mass is 16.5. The molecule has 7 heteroatoms. The molecule has 0 spiro atoms. The van der Waals surface area contributed by atoms with Crippen molar-refractivity contribution < 1.29 is 24.2 Å². The smallest absolute Gasteiger partial charge is 0.307 e. The molecule has 1 amide bonds. The fraction of sp³-hybridized carbons (Fsp3) is 0.238. The molecule has 28 heavy (non-hydrogen) atoms. The van der Waals surface area contributed by atoms with Gasteiger partial charge < -0.3 is 25.2 Å². The zero-order valence-electron chi connectivity index (χ0n) is 16.0. The van der Waals surface area contributed by atoms with Gasteiger partial charge in [-0.3, -0.25) is 9.59 Å². The maximum atomic E-state index is 12.6. The Bertz CT molecular complexity index is 948. The van der Waals surface area contributed by atoms with Crippen molar-refractivity contribution in [1.82, 2.24) is 0 Å². The third kappa shape index (κ3) is 3.78. The van der Waals surface area contributed by atoms with Crippen LogP contribution in [0.3, 0.4) is 0 Å². The van der Waals surface area contributed by atoms with E-state index < -0.39 is 5.97 Å². The molecule has 0 saturated carbocycles. The van der Waals surface area contributed by atoms with Crippen molar-refractivity contribution in [2.75, 3.05) is 24.9 Å². The van der Waals surface area contributed by atoms with Crippen LogP contribution in [-0.2, 0) is 16.0 Å². The average molecular weight is 382 g/mol. The van der Waals surface area contributed by atoms with Crippen LogP contribution in [0.15, 0.2) is 42.1 Å². The van der Waals surface area contributed by atoms with Crippen molar-refractivity contribution in [1.29, 1.82) is 0 Å². The Morgan fingerprint density at radius 2 is 1.75 bits per heavy atom.